The van der Waals surface area contributed by atoms with E-state index in [0.717, 1.165) is 6.26 Å². The van der Waals surface area contributed by atoms with E-state index in [-0.39, 0.29) is 36.3 Å². The fourth-order valence-electron chi connectivity index (χ4n) is 2.04. The molecule has 18 heavy (non-hydrogen) atoms. The number of furan rings is 1. The zero-order valence-electron chi connectivity index (χ0n) is 9.74. The summed E-state index contributed by atoms with van der Waals surface area (Å²) < 4.78 is 35.0. The number of carbonyl (C=O) groups excluding carboxylic acids is 2. The van der Waals surface area contributed by atoms with E-state index in [4.69, 9.17) is 9.15 Å². The fraction of sp³-hybridized carbons (Fsp3) is 0.500. The van der Waals surface area contributed by atoms with Gasteiger partial charge in [-0.1, -0.05) is 0 Å². The van der Waals surface area contributed by atoms with Gasteiger partial charge in [0, 0.05) is 18.8 Å². The number of esters is 1. The Kier molecular flexibility index (Phi) is 3.45. The topological polar surface area (TPSA) is 56.5 Å². The average Bonchev–Trinajstić information content (AvgIpc) is 2.73. The van der Waals surface area contributed by atoms with E-state index in [9.17, 15) is 18.4 Å². The van der Waals surface area contributed by atoms with Crippen LogP contribution in [0.15, 0.2) is 10.7 Å². The Morgan fingerprint density at radius 3 is 2.89 bits per heavy atom. The lowest BCUT2D eigenvalue weighted by Gasteiger charge is -2.19. The van der Waals surface area contributed by atoms with E-state index < -0.39 is 24.1 Å². The Morgan fingerprint density at radius 2 is 2.28 bits per heavy atom. The normalized spacial score (nSPS) is 18.9. The first-order valence-corrected chi connectivity index (χ1v) is 5.63. The number of ether oxygens (including phenoxy) is 1. The first-order chi connectivity index (χ1) is 8.54. The average molecular weight is 258 g/mol. The third kappa shape index (κ3) is 2.14. The second kappa shape index (κ2) is 4.88. The van der Waals surface area contributed by atoms with Crippen LogP contribution in [0, 0.1) is 5.92 Å². The maximum Gasteiger partial charge on any atom is 0.342 e. The van der Waals surface area contributed by atoms with Gasteiger partial charge in [-0.25, -0.2) is 13.6 Å². The van der Waals surface area contributed by atoms with E-state index in [2.05, 4.69) is 0 Å². The second-order valence-electron chi connectivity index (χ2n) is 4.09. The summed E-state index contributed by atoms with van der Waals surface area (Å²) in [5, 5.41) is 0. The van der Waals surface area contributed by atoms with Gasteiger partial charge in [-0.3, -0.25) is 4.79 Å². The Morgan fingerprint density at radius 1 is 1.56 bits per heavy atom. The van der Waals surface area contributed by atoms with E-state index in [0.29, 0.717) is 0 Å². The van der Waals surface area contributed by atoms with Gasteiger partial charge < -0.3 is 9.15 Å². The molecule has 1 aliphatic rings. The Hall–Kier alpha value is -1.72. The van der Waals surface area contributed by atoms with E-state index in [1.54, 1.807) is 6.92 Å². The molecule has 0 bridgehead atoms. The Labute approximate surface area is 102 Å². The zero-order chi connectivity index (χ0) is 13.3. The molecule has 0 unspecified atom stereocenters. The highest BCUT2D eigenvalue weighted by Crippen LogP contribution is 2.32. The minimum Gasteiger partial charge on any atom is -0.468 e. The highest BCUT2D eigenvalue weighted by molar-refractivity contribution is 6.07. The quantitative estimate of drug-likeness (QED) is 0.781. The Bertz CT molecular complexity index is 478. The number of rotatable bonds is 3. The molecule has 0 spiro atoms. The molecule has 0 aliphatic heterocycles. The van der Waals surface area contributed by atoms with E-state index >= 15 is 0 Å². The minimum absolute atomic E-state index is 0.0296. The number of fused-ring (bicyclic) bond motifs is 1. The van der Waals surface area contributed by atoms with Crippen molar-refractivity contribution in [1.29, 1.82) is 0 Å². The number of alkyl halides is 2. The zero-order valence-corrected chi connectivity index (χ0v) is 9.74. The molecule has 0 N–H and O–H groups in total. The van der Waals surface area contributed by atoms with Gasteiger partial charge in [0.25, 0.3) is 0 Å². The summed E-state index contributed by atoms with van der Waals surface area (Å²) in [6.45, 7) is 1.81. The number of hydrogen-bond donors (Lipinski definition) is 0. The summed E-state index contributed by atoms with van der Waals surface area (Å²) in [5.74, 6) is -2.03. The number of halogens is 2. The molecule has 2 rings (SSSR count). The monoisotopic (exact) mass is 258 g/mol. The lowest BCUT2D eigenvalue weighted by molar-refractivity contribution is 0.0515. The van der Waals surface area contributed by atoms with Gasteiger partial charge in [-0.2, -0.15) is 0 Å². The third-order valence-corrected chi connectivity index (χ3v) is 2.89. The van der Waals surface area contributed by atoms with Crippen LogP contribution in [0.25, 0.3) is 0 Å². The predicted octanol–water partition coefficient (Wildman–Crippen LogP) is 2.47. The van der Waals surface area contributed by atoms with Crippen molar-refractivity contribution in [2.45, 2.75) is 26.2 Å². The largest absolute Gasteiger partial charge is 0.468 e. The van der Waals surface area contributed by atoms with Crippen molar-refractivity contribution in [3.8, 4) is 0 Å². The summed E-state index contributed by atoms with van der Waals surface area (Å²) in [5.41, 5.74) is 0.134. The molecule has 0 fully saturated rings. The van der Waals surface area contributed by atoms with Crippen molar-refractivity contribution < 1.29 is 27.5 Å². The van der Waals surface area contributed by atoms with Crippen LogP contribution < -0.4 is 0 Å². The van der Waals surface area contributed by atoms with Gasteiger partial charge in [0.15, 0.2) is 5.78 Å². The number of carbonyl (C=O) groups is 2. The summed E-state index contributed by atoms with van der Waals surface area (Å²) in [6.07, 6.45) is -1.76. The van der Waals surface area contributed by atoms with Gasteiger partial charge in [0.05, 0.1) is 12.2 Å². The van der Waals surface area contributed by atoms with Gasteiger partial charge in [0.1, 0.15) is 17.6 Å². The molecule has 4 nitrogen and oxygen atoms in total. The van der Waals surface area contributed by atoms with Crippen LogP contribution in [0.1, 0.15) is 39.8 Å². The molecular weight excluding hydrogens is 246 g/mol. The van der Waals surface area contributed by atoms with Crippen LogP contribution >= 0.6 is 0 Å². The number of Topliss-reactive ketones (excluding diaryl/α,β-unsaturated/α-hetero) is 1. The number of hydrogen-bond acceptors (Lipinski definition) is 4. The fourth-order valence-corrected chi connectivity index (χ4v) is 2.04. The molecule has 0 aromatic carbocycles. The summed E-state index contributed by atoms with van der Waals surface area (Å²) in [6, 6.07) is 0. The first kappa shape index (κ1) is 12.7. The molecule has 1 aliphatic carbocycles. The van der Waals surface area contributed by atoms with Crippen molar-refractivity contribution in [1.82, 2.24) is 0 Å². The molecule has 0 saturated carbocycles. The molecular formula is C12H12F2O4. The third-order valence-electron chi connectivity index (χ3n) is 2.89. The summed E-state index contributed by atoms with van der Waals surface area (Å²) in [4.78, 5) is 23.3. The lowest BCUT2D eigenvalue weighted by atomic mass is 9.86. The minimum atomic E-state index is -2.57. The van der Waals surface area contributed by atoms with Crippen LogP contribution in [0.4, 0.5) is 8.78 Å². The van der Waals surface area contributed by atoms with Crippen molar-refractivity contribution in [2.24, 2.45) is 5.92 Å². The maximum atomic E-state index is 12.6. The van der Waals surface area contributed by atoms with Gasteiger partial charge in [-0.15, -0.1) is 0 Å². The van der Waals surface area contributed by atoms with Gasteiger partial charge in [-0.05, 0) is 6.92 Å². The standard InChI is InChI=1S/C12H12F2O4/c1-2-17-12(16)7-5-18-9-4-6(11(13)14)3-8(15)10(7)9/h5-6,11H,2-4H2,1H3/t6-/m1/s1. The number of ketones is 1. The molecule has 1 atom stereocenters. The molecule has 0 amide bonds. The van der Waals surface area contributed by atoms with E-state index in [1.807, 2.05) is 0 Å². The lowest BCUT2D eigenvalue weighted by Crippen LogP contribution is -2.25. The summed E-state index contributed by atoms with van der Waals surface area (Å²) in [7, 11) is 0. The van der Waals surface area contributed by atoms with E-state index in [1.165, 1.54) is 0 Å². The first-order valence-electron chi connectivity index (χ1n) is 5.63. The van der Waals surface area contributed by atoms with Gasteiger partial charge in [0.2, 0.25) is 6.43 Å². The molecule has 1 aromatic rings. The molecule has 0 radical (unpaired) electrons. The van der Waals surface area contributed by atoms with Crippen LogP contribution in [0.5, 0.6) is 0 Å². The van der Waals surface area contributed by atoms with Crippen molar-refractivity contribution in [3.05, 3.63) is 23.2 Å². The highest BCUT2D eigenvalue weighted by atomic mass is 19.3. The van der Waals surface area contributed by atoms with Gasteiger partial charge >= 0.3 is 5.97 Å². The molecule has 98 valence electrons. The molecule has 1 aromatic heterocycles. The van der Waals surface area contributed by atoms with Crippen LogP contribution in [-0.2, 0) is 11.2 Å². The SMILES string of the molecule is CCOC(=O)c1coc2c1C(=O)C[C@@H](C(F)F)C2. The van der Waals surface area contributed by atoms with Crippen LogP contribution in [0.2, 0.25) is 0 Å². The highest BCUT2D eigenvalue weighted by Gasteiger charge is 2.36. The second-order valence-corrected chi connectivity index (χ2v) is 4.09. The predicted molar refractivity (Wildman–Crippen MR) is 56.8 cm³/mol. The molecule has 1 heterocycles. The maximum absolute atomic E-state index is 12.6. The molecule has 6 heteroatoms. The van der Waals surface area contributed by atoms with Crippen LogP contribution in [-0.4, -0.2) is 24.8 Å². The summed E-state index contributed by atoms with van der Waals surface area (Å²) >= 11 is 0. The van der Waals surface area contributed by atoms with Crippen molar-refractivity contribution in [2.75, 3.05) is 6.61 Å². The smallest absolute Gasteiger partial charge is 0.342 e. The van der Waals surface area contributed by atoms with Crippen molar-refractivity contribution in [3.63, 3.8) is 0 Å². The van der Waals surface area contributed by atoms with Crippen molar-refractivity contribution >= 4 is 11.8 Å². The van der Waals surface area contributed by atoms with Crippen LogP contribution in [0.3, 0.4) is 0 Å². The Balaban J connectivity index is 2.31. The molecule has 0 saturated heterocycles.